The third kappa shape index (κ3) is 1.83. The van der Waals surface area contributed by atoms with Gasteiger partial charge in [-0.3, -0.25) is 4.79 Å². The first-order valence-electron chi connectivity index (χ1n) is 8.35. The number of rotatable bonds is 1. The maximum atomic E-state index is 12.5. The van der Waals surface area contributed by atoms with Gasteiger partial charge in [-0.2, -0.15) is 0 Å². The lowest BCUT2D eigenvalue weighted by Crippen LogP contribution is -2.43. The SMILES string of the molecule is CC(=O)N1c2ccccc2[C@@H]2[C@@H](C[C@@H]3O[C@H]23)[C@H]1c1ccccc1. The summed E-state index contributed by atoms with van der Waals surface area (Å²) in [6.07, 6.45) is 1.78. The van der Waals surface area contributed by atoms with Crippen LogP contribution in [0.4, 0.5) is 5.69 Å². The van der Waals surface area contributed by atoms with E-state index >= 15 is 0 Å². The van der Waals surface area contributed by atoms with Crippen molar-refractivity contribution in [1.82, 2.24) is 0 Å². The summed E-state index contributed by atoms with van der Waals surface area (Å²) in [5, 5.41) is 0. The number of benzene rings is 2. The van der Waals surface area contributed by atoms with Gasteiger partial charge in [0.05, 0.1) is 18.2 Å². The van der Waals surface area contributed by atoms with E-state index in [1.54, 1.807) is 6.92 Å². The van der Waals surface area contributed by atoms with Gasteiger partial charge in [0, 0.05) is 18.5 Å². The summed E-state index contributed by atoms with van der Waals surface area (Å²) in [6, 6.07) is 18.9. The molecule has 0 aromatic heterocycles. The zero-order chi connectivity index (χ0) is 15.6. The number of carbonyl (C=O) groups is 1. The van der Waals surface area contributed by atoms with E-state index in [4.69, 9.17) is 4.74 Å². The van der Waals surface area contributed by atoms with Gasteiger partial charge < -0.3 is 9.64 Å². The molecule has 3 heteroatoms. The highest BCUT2D eigenvalue weighted by Crippen LogP contribution is 2.61. The summed E-state index contributed by atoms with van der Waals surface area (Å²) in [6.45, 7) is 1.68. The van der Waals surface area contributed by atoms with E-state index in [1.165, 1.54) is 11.1 Å². The van der Waals surface area contributed by atoms with Crippen molar-refractivity contribution < 1.29 is 9.53 Å². The number of ether oxygens (including phenoxy) is 1. The van der Waals surface area contributed by atoms with Crippen molar-refractivity contribution in [3.05, 3.63) is 65.7 Å². The minimum absolute atomic E-state index is 0.116. The van der Waals surface area contributed by atoms with Crippen LogP contribution in [0.3, 0.4) is 0 Å². The highest BCUT2D eigenvalue weighted by Gasteiger charge is 2.61. The van der Waals surface area contributed by atoms with E-state index in [1.807, 2.05) is 17.0 Å². The molecule has 23 heavy (non-hydrogen) atoms. The normalized spacial score (nSPS) is 33.6. The number of epoxide rings is 1. The molecule has 1 aliphatic carbocycles. The van der Waals surface area contributed by atoms with Gasteiger partial charge in [0.2, 0.25) is 5.91 Å². The maximum Gasteiger partial charge on any atom is 0.224 e. The summed E-state index contributed by atoms with van der Waals surface area (Å²) in [7, 11) is 0. The molecule has 0 bridgehead atoms. The van der Waals surface area contributed by atoms with Gasteiger partial charge in [-0.1, -0.05) is 48.5 Å². The van der Waals surface area contributed by atoms with Gasteiger partial charge >= 0.3 is 0 Å². The number of nitrogens with zero attached hydrogens (tertiary/aromatic N) is 1. The van der Waals surface area contributed by atoms with Crippen LogP contribution >= 0.6 is 0 Å². The van der Waals surface area contributed by atoms with Crippen LogP contribution in [0.2, 0.25) is 0 Å². The smallest absolute Gasteiger partial charge is 0.224 e. The average molecular weight is 305 g/mol. The van der Waals surface area contributed by atoms with E-state index in [-0.39, 0.29) is 11.9 Å². The second-order valence-corrected chi connectivity index (χ2v) is 6.87. The Bertz CT molecular complexity index is 772. The van der Waals surface area contributed by atoms with Gasteiger partial charge in [-0.05, 0) is 29.5 Å². The summed E-state index contributed by atoms with van der Waals surface area (Å²) in [5.74, 6) is 0.975. The number of hydrogen-bond acceptors (Lipinski definition) is 2. The number of fused-ring (bicyclic) bond motifs is 5. The van der Waals surface area contributed by atoms with Crippen LogP contribution in [0.15, 0.2) is 54.6 Å². The zero-order valence-electron chi connectivity index (χ0n) is 13.1. The Kier molecular flexibility index (Phi) is 2.71. The second-order valence-electron chi connectivity index (χ2n) is 6.87. The highest BCUT2D eigenvalue weighted by atomic mass is 16.6. The minimum atomic E-state index is 0.116. The Morgan fingerprint density at radius 1 is 1.09 bits per heavy atom. The maximum absolute atomic E-state index is 12.5. The molecule has 0 radical (unpaired) electrons. The third-order valence-corrected chi connectivity index (χ3v) is 5.66. The number of hydrogen-bond donors (Lipinski definition) is 0. The lowest BCUT2D eigenvalue weighted by Gasteiger charge is -2.44. The first kappa shape index (κ1) is 13.3. The first-order chi connectivity index (χ1) is 11.3. The quantitative estimate of drug-likeness (QED) is 0.753. The molecule has 5 rings (SSSR count). The van der Waals surface area contributed by atoms with Crippen LogP contribution < -0.4 is 4.90 Å². The lowest BCUT2D eigenvalue weighted by molar-refractivity contribution is -0.117. The molecule has 2 heterocycles. The van der Waals surface area contributed by atoms with Crippen LogP contribution in [0.1, 0.15) is 36.4 Å². The zero-order valence-corrected chi connectivity index (χ0v) is 13.1. The molecular weight excluding hydrogens is 286 g/mol. The topological polar surface area (TPSA) is 32.8 Å². The fourth-order valence-electron chi connectivity index (χ4n) is 4.80. The molecule has 1 saturated carbocycles. The van der Waals surface area contributed by atoms with Crippen LogP contribution in [-0.2, 0) is 9.53 Å². The van der Waals surface area contributed by atoms with Crippen LogP contribution in [0, 0.1) is 5.92 Å². The summed E-state index contributed by atoms with van der Waals surface area (Å²) in [4.78, 5) is 14.5. The van der Waals surface area contributed by atoms with Crippen molar-refractivity contribution in [2.24, 2.45) is 5.92 Å². The van der Waals surface area contributed by atoms with Crippen molar-refractivity contribution in [2.45, 2.75) is 37.5 Å². The molecule has 2 aromatic rings. The summed E-state index contributed by atoms with van der Waals surface area (Å²) >= 11 is 0. The Morgan fingerprint density at radius 2 is 1.83 bits per heavy atom. The molecule has 0 N–H and O–H groups in total. The molecular formula is C20H19NO2. The number of anilines is 1. The van der Waals surface area contributed by atoms with Gasteiger partial charge in [0.15, 0.2) is 0 Å². The second kappa shape index (κ2) is 4.68. The lowest BCUT2D eigenvalue weighted by atomic mass is 9.75. The van der Waals surface area contributed by atoms with E-state index in [2.05, 4.69) is 42.5 Å². The van der Waals surface area contributed by atoms with Crippen molar-refractivity contribution in [3.63, 3.8) is 0 Å². The van der Waals surface area contributed by atoms with E-state index in [0.29, 0.717) is 24.0 Å². The van der Waals surface area contributed by atoms with Crippen molar-refractivity contribution >= 4 is 11.6 Å². The summed E-state index contributed by atoms with van der Waals surface area (Å²) < 4.78 is 5.86. The minimum Gasteiger partial charge on any atom is -0.369 e. The Balaban J connectivity index is 1.72. The Hall–Kier alpha value is -2.13. The fraction of sp³-hybridized carbons (Fsp3) is 0.350. The first-order valence-corrected chi connectivity index (χ1v) is 8.35. The number of carbonyl (C=O) groups excluding carboxylic acids is 1. The molecule has 0 spiro atoms. The molecule has 2 fully saturated rings. The number of para-hydroxylation sites is 1. The standard InChI is InChI=1S/C20H19NO2/c1-12(22)21-16-10-6-5-9-14(16)18-15(11-17-20(18)23-17)19(21)13-7-3-2-4-8-13/h2-10,15,17-20H,11H2,1H3/t15-,17+,18-,19-,20+/m1/s1. The van der Waals surface area contributed by atoms with Crippen molar-refractivity contribution in [3.8, 4) is 0 Å². The van der Waals surface area contributed by atoms with Crippen LogP contribution in [0.25, 0.3) is 0 Å². The monoisotopic (exact) mass is 305 g/mol. The highest BCUT2D eigenvalue weighted by molar-refractivity contribution is 5.94. The third-order valence-electron chi connectivity index (χ3n) is 5.66. The molecule has 2 aliphatic heterocycles. The molecule has 1 amide bonds. The van der Waals surface area contributed by atoms with Crippen LogP contribution in [-0.4, -0.2) is 18.1 Å². The van der Waals surface area contributed by atoms with Gasteiger partial charge in [0.25, 0.3) is 0 Å². The van der Waals surface area contributed by atoms with E-state index in [9.17, 15) is 4.79 Å². The van der Waals surface area contributed by atoms with Gasteiger partial charge in [0.1, 0.15) is 0 Å². The molecule has 2 aromatic carbocycles. The van der Waals surface area contributed by atoms with E-state index in [0.717, 1.165) is 12.1 Å². The Morgan fingerprint density at radius 3 is 2.61 bits per heavy atom. The van der Waals surface area contributed by atoms with E-state index < -0.39 is 0 Å². The molecule has 1 saturated heterocycles. The molecule has 116 valence electrons. The van der Waals surface area contributed by atoms with Crippen molar-refractivity contribution in [1.29, 1.82) is 0 Å². The predicted octanol–water partition coefficient (Wildman–Crippen LogP) is 3.67. The van der Waals surface area contributed by atoms with Gasteiger partial charge in [-0.25, -0.2) is 0 Å². The average Bonchev–Trinajstić information content (AvgIpc) is 3.24. The molecule has 0 unspecified atom stereocenters. The number of amides is 1. The Labute approximate surface area is 135 Å². The molecule has 3 aliphatic rings. The van der Waals surface area contributed by atoms with Crippen LogP contribution in [0.5, 0.6) is 0 Å². The van der Waals surface area contributed by atoms with Gasteiger partial charge in [-0.15, -0.1) is 0 Å². The fourth-order valence-corrected chi connectivity index (χ4v) is 4.80. The molecule has 5 atom stereocenters. The molecule has 3 nitrogen and oxygen atoms in total. The summed E-state index contributed by atoms with van der Waals surface area (Å²) in [5.41, 5.74) is 3.57. The van der Waals surface area contributed by atoms with Crippen molar-refractivity contribution in [2.75, 3.05) is 4.90 Å². The predicted molar refractivity (Wildman–Crippen MR) is 88.3 cm³/mol. The largest absolute Gasteiger partial charge is 0.369 e.